The largest absolute Gasteiger partial charge is 0.367 e. The maximum absolute atomic E-state index is 12.9. The lowest BCUT2D eigenvalue weighted by atomic mass is 10.1. The summed E-state index contributed by atoms with van der Waals surface area (Å²) in [5.41, 5.74) is 0.923. The Balaban J connectivity index is 1.68. The number of halogens is 1. The molecule has 1 unspecified atom stereocenters. The molecule has 1 aromatic carbocycles. The molecular weight excluding hydrogens is 269 g/mol. The van der Waals surface area contributed by atoms with E-state index in [2.05, 4.69) is 15.3 Å². The smallest absolute Gasteiger partial charge is 0.252 e. The Morgan fingerprint density at radius 3 is 2.76 bits per heavy atom. The summed E-state index contributed by atoms with van der Waals surface area (Å²) in [7, 11) is 0. The summed E-state index contributed by atoms with van der Waals surface area (Å²) >= 11 is 0. The van der Waals surface area contributed by atoms with Crippen molar-refractivity contribution in [3.63, 3.8) is 0 Å². The first-order valence-corrected chi connectivity index (χ1v) is 7.22. The molecule has 1 aliphatic carbocycles. The molecule has 1 atom stereocenters. The fourth-order valence-corrected chi connectivity index (χ4v) is 2.38. The Labute approximate surface area is 122 Å². The predicted octanol–water partition coefficient (Wildman–Crippen LogP) is 2.83. The van der Waals surface area contributed by atoms with Gasteiger partial charge in [0, 0.05) is 18.0 Å². The van der Waals surface area contributed by atoms with Crippen molar-refractivity contribution < 1.29 is 4.39 Å². The molecule has 0 spiro atoms. The van der Waals surface area contributed by atoms with Crippen molar-refractivity contribution in [2.45, 2.75) is 38.1 Å². The number of hydrogen-bond acceptors (Lipinski definition) is 3. The monoisotopic (exact) mass is 287 g/mol. The molecule has 3 rings (SSSR count). The van der Waals surface area contributed by atoms with Gasteiger partial charge in [-0.3, -0.25) is 4.79 Å². The number of aromatic nitrogens is 2. The zero-order valence-corrected chi connectivity index (χ0v) is 11.9. The minimum Gasteiger partial charge on any atom is -0.367 e. The standard InChI is InChI=1S/C16H18FN3O/c1-10(8-11-2-6-13(17)7-3-11)18-14-9-15(21)20-16(19-14)12-4-5-12/h2-3,6-7,9-10,12H,4-5,8H2,1H3,(H2,18,19,20,21). The van der Waals surface area contributed by atoms with Crippen LogP contribution in [-0.4, -0.2) is 16.0 Å². The van der Waals surface area contributed by atoms with Crippen LogP contribution in [0.4, 0.5) is 10.2 Å². The molecule has 1 saturated carbocycles. The molecule has 2 N–H and O–H groups in total. The molecule has 1 aliphatic rings. The lowest BCUT2D eigenvalue weighted by Gasteiger charge is -2.15. The first-order valence-electron chi connectivity index (χ1n) is 7.22. The van der Waals surface area contributed by atoms with Gasteiger partial charge in [0.2, 0.25) is 0 Å². The van der Waals surface area contributed by atoms with Gasteiger partial charge >= 0.3 is 0 Å². The summed E-state index contributed by atoms with van der Waals surface area (Å²) in [4.78, 5) is 18.9. The third-order valence-electron chi connectivity index (χ3n) is 3.57. The fourth-order valence-electron chi connectivity index (χ4n) is 2.38. The van der Waals surface area contributed by atoms with Crippen LogP contribution in [0.2, 0.25) is 0 Å². The van der Waals surface area contributed by atoms with Crippen LogP contribution >= 0.6 is 0 Å². The van der Waals surface area contributed by atoms with E-state index in [0.29, 0.717) is 11.7 Å². The molecule has 0 amide bonds. The second-order valence-corrected chi connectivity index (χ2v) is 5.67. The summed E-state index contributed by atoms with van der Waals surface area (Å²) in [6.07, 6.45) is 2.93. The van der Waals surface area contributed by atoms with E-state index >= 15 is 0 Å². The lowest BCUT2D eigenvalue weighted by molar-refractivity contribution is 0.626. The second kappa shape index (κ2) is 5.68. The maximum Gasteiger partial charge on any atom is 0.252 e. The van der Waals surface area contributed by atoms with Gasteiger partial charge in [0.15, 0.2) is 0 Å². The summed E-state index contributed by atoms with van der Waals surface area (Å²) in [5.74, 6) is 1.56. The third kappa shape index (κ3) is 3.68. The molecule has 1 aromatic heterocycles. The molecule has 4 nitrogen and oxygen atoms in total. The van der Waals surface area contributed by atoms with E-state index < -0.39 is 0 Å². The summed E-state index contributed by atoms with van der Waals surface area (Å²) in [6, 6.07) is 8.05. The zero-order chi connectivity index (χ0) is 14.8. The molecule has 21 heavy (non-hydrogen) atoms. The minimum atomic E-state index is -0.232. The highest BCUT2D eigenvalue weighted by molar-refractivity contribution is 5.35. The molecule has 110 valence electrons. The quantitative estimate of drug-likeness (QED) is 0.889. The summed E-state index contributed by atoms with van der Waals surface area (Å²) < 4.78 is 12.9. The zero-order valence-electron chi connectivity index (χ0n) is 11.9. The average molecular weight is 287 g/mol. The van der Waals surface area contributed by atoms with Crippen molar-refractivity contribution in [3.8, 4) is 0 Å². The average Bonchev–Trinajstić information content (AvgIpc) is 3.25. The van der Waals surface area contributed by atoms with Crippen LogP contribution in [0, 0.1) is 5.82 Å². The number of H-pyrrole nitrogens is 1. The first kappa shape index (κ1) is 13.8. The number of benzene rings is 1. The SMILES string of the molecule is CC(Cc1ccc(F)cc1)Nc1cc(=O)[nH]c(C2CC2)n1. The molecular formula is C16H18FN3O. The molecule has 0 aliphatic heterocycles. The molecule has 1 heterocycles. The minimum absolute atomic E-state index is 0.108. The maximum atomic E-state index is 12.9. The highest BCUT2D eigenvalue weighted by Crippen LogP contribution is 2.37. The van der Waals surface area contributed by atoms with Crippen LogP contribution in [0.3, 0.4) is 0 Å². The third-order valence-corrected chi connectivity index (χ3v) is 3.57. The number of nitrogens with zero attached hydrogens (tertiary/aromatic N) is 1. The van der Waals surface area contributed by atoms with Gasteiger partial charge in [-0.25, -0.2) is 9.37 Å². The Hall–Kier alpha value is -2.17. The fraction of sp³-hybridized carbons (Fsp3) is 0.375. The van der Waals surface area contributed by atoms with E-state index in [1.165, 1.54) is 18.2 Å². The highest BCUT2D eigenvalue weighted by atomic mass is 19.1. The molecule has 1 fully saturated rings. The van der Waals surface area contributed by atoms with Gasteiger partial charge in [0.1, 0.15) is 17.5 Å². The topological polar surface area (TPSA) is 57.8 Å². The van der Waals surface area contributed by atoms with Crippen molar-refractivity contribution in [1.82, 2.24) is 9.97 Å². The molecule has 2 aromatic rings. The van der Waals surface area contributed by atoms with Crippen molar-refractivity contribution in [1.29, 1.82) is 0 Å². The van der Waals surface area contributed by atoms with Crippen molar-refractivity contribution >= 4 is 5.82 Å². The molecule has 0 bridgehead atoms. The van der Waals surface area contributed by atoms with Crippen molar-refractivity contribution in [2.75, 3.05) is 5.32 Å². The Morgan fingerprint density at radius 1 is 1.38 bits per heavy atom. The van der Waals surface area contributed by atoms with Crippen LogP contribution in [0.25, 0.3) is 0 Å². The lowest BCUT2D eigenvalue weighted by Crippen LogP contribution is -2.21. The number of anilines is 1. The summed E-state index contributed by atoms with van der Waals surface area (Å²) in [6.45, 7) is 2.02. The van der Waals surface area contributed by atoms with Crippen LogP contribution in [0.1, 0.15) is 37.1 Å². The number of hydrogen-bond donors (Lipinski definition) is 2. The first-order chi connectivity index (χ1) is 10.1. The van der Waals surface area contributed by atoms with Gasteiger partial charge in [-0.15, -0.1) is 0 Å². The summed E-state index contributed by atoms with van der Waals surface area (Å²) in [5, 5.41) is 3.24. The van der Waals surface area contributed by atoms with Gasteiger partial charge in [0.05, 0.1) is 0 Å². The van der Waals surface area contributed by atoms with E-state index in [1.807, 2.05) is 6.92 Å². The number of rotatable bonds is 5. The van der Waals surface area contributed by atoms with Gasteiger partial charge in [-0.1, -0.05) is 12.1 Å². The predicted molar refractivity (Wildman–Crippen MR) is 80.0 cm³/mol. The van der Waals surface area contributed by atoms with Crippen molar-refractivity contribution in [3.05, 3.63) is 57.9 Å². The van der Waals surface area contributed by atoms with E-state index in [1.54, 1.807) is 12.1 Å². The van der Waals surface area contributed by atoms with E-state index in [4.69, 9.17) is 0 Å². The van der Waals surface area contributed by atoms with Crippen LogP contribution < -0.4 is 10.9 Å². The van der Waals surface area contributed by atoms with Gasteiger partial charge in [-0.2, -0.15) is 0 Å². The van der Waals surface area contributed by atoms with Crippen LogP contribution in [-0.2, 0) is 6.42 Å². The Morgan fingerprint density at radius 2 is 2.10 bits per heavy atom. The highest BCUT2D eigenvalue weighted by Gasteiger charge is 2.26. The van der Waals surface area contributed by atoms with E-state index in [-0.39, 0.29) is 17.4 Å². The Bertz CT molecular complexity index is 677. The number of aromatic amines is 1. The van der Waals surface area contributed by atoms with Crippen molar-refractivity contribution in [2.24, 2.45) is 0 Å². The van der Waals surface area contributed by atoms with Gasteiger partial charge in [0.25, 0.3) is 5.56 Å². The molecule has 5 heteroatoms. The van der Waals surface area contributed by atoms with E-state index in [9.17, 15) is 9.18 Å². The van der Waals surface area contributed by atoms with Crippen LogP contribution in [0.15, 0.2) is 35.1 Å². The van der Waals surface area contributed by atoms with Gasteiger partial charge in [-0.05, 0) is 43.9 Å². The number of nitrogens with one attached hydrogen (secondary N) is 2. The molecule has 0 radical (unpaired) electrons. The molecule has 0 saturated heterocycles. The normalized spacial score (nSPS) is 15.7. The van der Waals surface area contributed by atoms with Gasteiger partial charge < -0.3 is 10.3 Å². The van der Waals surface area contributed by atoms with Crippen LogP contribution in [0.5, 0.6) is 0 Å². The Kier molecular flexibility index (Phi) is 3.73. The van der Waals surface area contributed by atoms with E-state index in [0.717, 1.165) is 30.7 Å². The second-order valence-electron chi connectivity index (χ2n) is 5.67.